The summed E-state index contributed by atoms with van der Waals surface area (Å²) in [5.41, 5.74) is 0. The van der Waals surface area contributed by atoms with Crippen molar-refractivity contribution in [3.63, 3.8) is 0 Å². The third kappa shape index (κ3) is 12.0. The minimum absolute atomic E-state index is 0. The standard InChI is InChI=1S/2C8H15Si.2ClH.Zr/c2*1-5-6-7-8-9(2,3)4;;;/h2*5-7H,1-4H3;2*1H;/q;;;;+2/p-2/b2*6-5+,8-7?;;;. The predicted octanol–water partition coefficient (Wildman–Crippen LogP) is -0.248. The summed E-state index contributed by atoms with van der Waals surface area (Å²) >= 11 is -0.588. The Balaban J connectivity index is -0.00000162. The van der Waals surface area contributed by atoms with Gasteiger partial charge in [0.15, 0.2) is 0 Å². The van der Waals surface area contributed by atoms with Gasteiger partial charge in [0.25, 0.3) is 0 Å². The van der Waals surface area contributed by atoms with Gasteiger partial charge in [0.2, 0.25) is 0 Å². The van der Waals surface area contributed by atoms with Gasteiger partial charge in [-0.25, -0.2) is 0 Å². The minimum atomic E-state index is -1.16. The Kier molecular flexibility index (Phi) is 15.7. The molecule has 0 aromatic rings. The van der Waals surface area contributed by atoms with Crippen molar-refractivity contribution in [3.8, 4) is 0 Å². The van der Waals surface area contributed by atoms with E-state index >= 15 is 0 Å². The normalized spacial score (nSPS) is 13.9. The van der Waals surface area contributed by atoms with Crippen LogP contribution in [-0.2, 0) is 23.2 Å². The SMILES string of the molecule is C/C=C/C=[C](/[Zr+2]/[C](=C/C=C/C)[Si](C)(C)C)[Si](C)(C)C.[Cl-].[Cl-]. The summed E-state index contributed by atoms with van der Waals surface area (Å²) in [5, 5.41) is 0. The molecule has 0 nitrogen and oxygen atoms in total. The van der Waals surface area contributed by atoms with Crippen LogP contribution in [0.3, 0.4) is 0 Å². The van der Waals surface area contributed by atoms with Crippen molar-refractivity contribution in [2.75, 3.05) is 0 Å². The van der Waals surface area contributed by atoms with Gasteiger partial charge in [-0.3, -0.25) is 0 Å². The Labute approximate surface area is 158 Å². The molecule has 0 heterocycles. The molecule has 21 heavy (non-hydrogen) atoms. The maximum Gasteiger partial charge on any atom is -1.00 e. The van der Waals surface area contributed by atoms with Crippen LogP contribution >= 0.6 is 0 Å². The molecule has 0 fully saturated rings. The smallest absolute Gasteiger partial charge is 1.00 e. The van der Waals surface area contributed by atoms with E-state index in [1.54, 1.807) is 0 Å². The van der Waals surface area contributed by atoms with E-state index in [1.807, 2.05) is 5.81 Å². The van der Waals surface area contributed by atoms with E-state index in [1.165, 1.54) is 0 Å². The number of hydrogen-bond donors (Lipinski definition) is 0. The Morgan fingerprint density at radius 1 is 0.667 bits per heavy atom. The average molecular weight is 441 g/mol. The molecule has 5 heteroatoms. The van der Waals surface area contributed by atoms with E-state index in [0.717, 1.165) is 0 Å². The molecule has 0 aromatic heterocycles. The molecule has 0 rings (SSSR count). The van der Waals surface area contributed by atoms with Gasteiger partial charge in [-0.2, -0.15) is 0 Å². The molecule has 0 saturated carbocycles. The van der Waals surface area contributed by atoms with Crippen molar-refractivity contribution in [3.05, 3.63) is 42.3 Å². The Morgan fingerprint density at radius 2 is 0.952 bits per heavy atom. The van der Waals surface area contributed by atoms with Gasteiger partial charge in [-0.1, -0.05) is 0 Å². The second-order valence-electron chi connectivity index (χ2n) is 6.84. The van der Waals surface area contributed by atoms with Crippen LogP contribution in [0.25, 0.3) is 0 Å². The molecule has 0 atom stereocenters. The van der Waals surface area contributed by atoms with Gasteiger partial charge < -0.3 is 24.8 Å². The van der Waals surface area contributed by atoms with E-state index in [4.69, 9.17) is 0 Å². The van der Waals surface area contributed by atoms with Crippen LogP contribution in [-0.4, -0.2) is 16.1 Å². The first-order valence-corrected chi connectivity index (χ1v) is 16.5. The Hall–Kier alpha value is 0.857. The molecule has 0 aliphatic rings. The second kappa shape index (κ2) is 12.3. The fourth-order valence-electron chi connectivity index (χ4n) is 1.49. The van der Waals surface area contributed by atoms with Crippen LogP contribution in [0.2, 0.25) is 39.3 Å². The van der Waals surface area contributed by atoms with Crippen molar-refractivity contribution in [1.29, 1.82) is 0 Å². The summed E-state index contributed by atoms with van der Waals surface area (Å²) in [6.45, 7) is 19.1. The van der Waals surface area contributed by atoms with Gasteiger partial charge in [-0.05, 0) is 0 Å². The zero-order valence-corrected chi connectivity index (χ0v) is 20.7. The summed E-state index contributed by atoms with van der Waals surface area (Å²) < 4.78 is 3.65. The molecule has 0 saturated heterocycles. The number of allylic oxidation sites excluding steroid dienone is 6. The molecule has 120 valence electrons. The van der Waals surface area contributed by atoms with Crippen LogP contribution in [0.1, 0.15) is 13.8 Å². The molecule has 0 N–H and O–H groups in total. The van der Waals surface area contributed by atoms with Crippen molar-refractivity contribution >= 4 is 16.1 Å². The summed E-state index contributed by atoms with van der Waals surface area (Å²) in [4.78, 5) is 0. The van der Waals surface area contributed by atoms with Gasteiger partial charge in [0, 0.05) is 0 Å². The molecular weight excluding hydrogens is 410 g/mol. The summed E-state index contributed by atoms with van der Waals surface area (Å²) in [6, 6.07) is 0. The van der Waals surface area contributed by atoms with Crippen LogP contribution < -0.4 is 24.8 Å². The predicted molar refractivity (Wildman–Crippen MR) is 92.5 cm³/mol. The van der Waals surface area contributed by atoms with Crippen molar-refractivity contribution in [2.24, 2.45) is 0 Å². The van der Waals surface area contributed by atoms with Gasteiger partial charge >= 0.3 is 135 Å². The topological polar surface area (TPSA) is 0 Å². The van der Waals surface area contributed by atoms with E-state index in [9.17, 15) is 0 Å². The van der Waals surface area contributed by atoms with E-state index in [2.05, 4.69) is 89.6 Å². The quantitative estimate of drug-likeness (QED) is 0.395. The monoisotopic (exact) mass is 438 g/mol. The third-order valence-electron chi connectivity index (χ3n) is 2.80. The van der Waals surface area contributed by atoms with Gasteiger partial charge in [0.05, 0.1) is 0 Å². The molecule has 0 spiro atoms. The molecule has 0 aliphatic carbocycles. The van der Waals surface area contributed by atoms with Crippen LogP contribution in [0, 0.1) is 0 Å². The number of rotatable bonds is 6. The maximum atomic E-state index is 2.49. The molecule has 0 aliphatic heterocycles. The molecule has 0 amide bonds. The maximum absolute atomic E-state index is 2.49. The van der Waals surface area contributed by atoms with E-state index in [0.29, 0.717) is 0 Å². The van der Waals surface area contributed by atoms with Crippen molar-refractivity contribution in [2.45, 2.75) is 53.1 Å². The zero-order valence-electron chi connectivity index (χ0n) is 14.7. The summed E-state index contributed by atoms with van der Waals surface area (Å²) in [6.07, 6.45) is 13.7. The van der Waals surface area contributed by atoms with Gasteiger partial charge in [-0.15, -0.1) is 0 Å². The number of hydrogen-bond acceptors (Lipinski definition) is 0. The van der Waals surface area contributed by atoms with E-state index in [-0.39, 0.29) is 24.8 Å². The molecule has 0 aromatic carbocycles. The van der Waals surface area contributed by atoms with Crippen molar-refractivity contribution < 1.29 is 48.0 Å². The first-order chi connectivity index (χ1) is 8.62. The molecule has 0 radical (unpaired) electrons. The first-order valence-electron chi connectivity index (χ1n) is 7.07. The largest absolute Gasteiger partial charge is 1.00 e. The molecular formula is C16H30Cl2Si2Zr. The molecule has 0 unspecified atom stereocenters. The fraction of sp³-hybridized carbons (Fsp3) is 0.500. The second-order valence-corrected chi connectivity index (χ2v) is 22.6. The minimum Gasteiger partial charge on any atom is -1.00 e. The fourth-order valence-corrected chi connectivity index (χ4v) is 12.9. The number of halogens is 2. The van der Waals surface area contributed by atoms with Gasteiger partial charge in [0.1, 0.15) is 0 Å². The summed E-state index contributed by atoms with van der Waals surface area (Å²) in [5.74, 6) is 0. The first kappa shape index (κ1) is 26.7. The summed E-state index contributed by atoms with van der Waals surface area (Å²) in [7, 11) is -2.32. The Morgan fingerprint density at radius 3 is 1.14 bits per heavy atom. The van der Waals surface area contributed by atoms with Crippen LogP contribution in [0.4, 0.5) is 0 Å². The van der Waals surface area contributed by atoms with Crippen LogP contribution in [0.5, 0.6) is 0 Å². The Bertz CT molecular complexity index is 359. The molecule has 0 bridgehead atoms. The third-order valence-corrected chi connectivity index (χ3v) is 21.0. The van der Waals surface area contributed by atoms with Crippen molar-refractivity contribution in [1.82, 2.24) is 0 Å². The van der Waals surface area contributed by atoms with E-state index < -0.39 is 39.4 Å². The average Bonchev–Trinajstić information content (AvgIpc) is 2.24. The van der Waals surface area contributed by atoms with Crippen LogP contribution in [0.15, 0.2) is 42.3 Å². The zero-order chi connectivity index (χ0) is 15.1.